The average Bonchev–Trinajstić information content (AvgIpc) is 2.31. The van der Waals surface area contributed by atoms with Crippen molar-refractivity contribution in [3.8, 4) is 0 Å². The summed E-state index contributed by atoms with van der Waals surface area (Å²) in [5.41, 5.74) is -0.245. The van der Waals surface area contributed by atoms with Crippen molar-refractivity contribution in [3.05, 3.63) is 35.4 Å². The van der Waals surface area contributed by atoms with Crippen molar-refractivity contribution in [2.24, 2.45) is 0 Å². The Morgan fingerprint density at radius 3 is 2.94 bits per heavy atom. The zero-order valence-electron chi connectivity index (χ0n) is 9.45. The molecule has 1 atom stereocenters. The summed E-state index contributed by atoms with van der Waals surface area (Å²) < 4.78 is 31.7. The largest absolute Gasteiger partial charge is 0.367 e. The van der Waals surface area contributed by atoms with Crippen LogP contribution in [0.4, 0.5) is 8.78 Å². The van der Waals surface area contributed by atoms with Crippen molar-refractivity contribution in [2.75, 3.05) is 26.7 Å². The molecule has 1 unspecified atom stereocenters. The predicted molar refractivity (Wildman–Crippen MR) is 57.9 cm³/mol. The Morgan fingerprint density at radius 1 is 1.47 bits per heavy atom. The molecule has 92 valence electrons. The number of hydrogen-bond acceptors (Lipinski definition) is 3. The van der Waals surface area contributed by atoms with Crippen LogP contribution in [0.15, 0.2) is 18.2 Å². The van der Waals surface area contributed by atoms with Crippen molar-refractivity contribution >= 4 is 5.78 Å². The Kier molecular flexibility index (Phi) is 3.49. The molecule has 0 radical (unpaired) electrons. The van der Waals surface area contributed by atoms with Crippen molar-refractivity contribution < 1.29 is 18.3 Å². The topological polar surface area (TPSA) is 29.5 Å². The lowest BCUT2D eigenvalue weighted by atomic mass is 10.0. The highest BCUT2D eigenvalue weighted by Crippen LogP contribution is 2.15. The van der Waals surface area contributed by atoms with Crippen LogP contribution in [0, 0.1) is 11.6 Å². The molecule has 17 heavy (non-hydrogen) atoms. The van der Waals surface area contributed by atoms with Gasteiger partial charge >= 0.3 is 0 Å². The van der Waals surface area contributed by atoms with E-state index in [4.69, 9.17) is 4.74 Å². The second-order valence-electron chi connectivity index (χ2n) is 4.11. The second-order valence-corrected chi connectivity index (χ2v) is 4.11. The van der Waals surface area contributed by atoms with E-state index in [0.29, 0.717) is 13.2 Å². The summed E-state index contributed by atoms with van der Waals surface area (Å²) in [5, 5.41) is 0. The van der Waals surface area contributed by atoms with Gasteiger partial charge in [0.15, 0.2) is 5.78 Å². The zero-order chi connectivity index (χ0) is 12.4. The molecule has 3 nitrogen and oxygen atoms in total. The third-order valence-corrected chi connectivity index (χ3v) is 2.76. The first kappa shape index (κ1) is 12.1. The maximum atomic E-state index is 13.4. The molecule has 5 heteroatoms. The normalized spacial score (nSPS) is 21.5. The van der Waals surface area contributed by atoms with Crippen LogP contribution in [-0.4, -0.2) is 43.5 Å². The first-order valence-electron chi connectivity index (χ1n) is 5.37. The number of benzene rings is 1. The second kappa shape index (κ2) is 4.89. The van der Waals surface area contributed by atoms with E-state index in [9.17, 15) is 13.6 Å². The summed E-state index contributed by atoms with van der Waals surface area (Å²) in [6.07, 6.45) is -0.718. The number of morpholine rings is 1. The summed E-state index contributed by atoms with van der Waals surface area (Å²) in [5.74, 6) is -1.85. The average molecular weight is 241 g/mol. The lowest BCUT2D eigenvalue weighted by Crippen LogP contribution is -2.44. The summed E-state index contributed by atoms with van der Waals surface area (Å²) in [6, 6.07) is 2.85. The molecular weight excluding hydrogens is 228 g/mol. The van der Waals surface area contributed by atoms with Crippen LogP contribution in [0.5, 0.6) is 0 Å². The third-order valence-electron chi connectivity index (χ3n) is 2.76. The molecule has 0 spiro atoms. The van der Waals surface area contributed by atoms with E-state index in [2.05, 4.69) is 0 Å². The van der Waals surface area contributed by atoms with Crippen LogP contribution >= 0.6 is 0 Å². The standard InChI is InChI=1S/C12H13F2NO2/c1-15-4-5-17-11(7-15)12(16)9-6-8(13)2-3-10(9)14/h2-3,6,11H,4-5,7H2,1H3. The number of hydrogen-bond donors (Lipinski definition) is 0. The van der Waals surface area contributed by atoms with Gasteiger partial charge in [0.1, 0.15) is 17.7 Å². The monoisotopic (exact) mass is 241 g/mol. The van der Waals surface area contributed by atoms with Gasteiger partial charge in [-0.3, -0.25) is 4.79 Å². The first-order valence-corrected chi connectivity index (χ1v) is 5.37. The summed E-state index contributed by atoms with van der Waals surface area (Å²) in [4.78, 5) is 13.9. The van der Waals surface area contributed by atoms with Gasteiger partial charge < -0.3 is 9.64 Å². The molecule has 0 N–H and O–H groups in total. The zero-order valence-corrected chi connectivity index (χ0v) is 9.45. The molecule has 0 aliphatic carbocycles. The number of ketones is 1. The molecule has 1 saturated heterocycles. The summed E-state index contributed by atoms with van der Waals surface area (Å²) in [7, 11) is 1.85. The van der Waals surface area contributed by atoms with Gasteiger partial charge in [-0.2, -0.15) is 0 Å². The number of ether oxygens (including phenoxy) is 1. The Bertz CT molecular complexity index is 437. The van der Waals surface area contributed by atoms with Gasteiger partial charge in [0.2, 0.25) is 0 Å². The lowest BCUT2D eigenvalue weighted by Gasteiger charge is -2.29. The minimum atomic E-state index is -0.718. The van der Waals surface area contributed by atoms with Gasteiger partial charge in [0, 0.05) is 13.1 Å². The highest BCUT2D eigenvalue weighted by atomic mass is 19.1. The van der Waals surface area contributed by atoms with Crippen LogP contribution in [0.1, 0.15) is 10.4 Å². The molecule has 0 aromatic heterocycles. The van der Waals surface area contributed by atoms with Crippen LogP contribution in [0.3, 0.4) is 0 Å². The fraction of sp³-hybridized carbons (Fsp3) is 0.417. The van der Waals surface area contributed by atoms with Crippen molar-refractivity contribution in [3.63, 3.8) is 0 Å². The highest BCUT2D eigenvalue weighted by Gasteiger charge is 2.27. The molecular formula is C12H13F2NO2. The maximum Gasteiger partial charge on any atom is 0.195 e. The predicted octanol–water partition coefficient (Wildman–Crippen LogP) is 1.48. The number of likely N-dealkylation sites (N-methyl/N-ethyl adjacent to an activating group) is 1. The molecule has 2 rings (SSSR count). The van der Waals surface area contributed by atoms with E-state index in [0.717, 1.165) is 24.7 Å². The minimum absolute atomic E-state index is 0.245. The van der Waals surface area contributed by atoms with E-state index >= 15 is 0 Å². The van der Waals surface area contributed by atoms with Gasteiger partial charge in [0.25, 0.3) is 0 Å². The molecule has 1 heterocycles. The van der Waals surface area contributed by atoms with E-state index in [1.165, 1.54) is 0 Å². The van der Waals surface area contributed by atoms with Gasteiger partial charge in [0.05, 0.1) is 12.2 Å². The van der Waals surface area contributed by atoms with Gasteiger partial charge in [-0.05, 0) is 25.2 Å². The molecule has 1 aliphatic rings. The fourth-order valence-electron chi connectivity index (χ4n) is 1.80. The number of nitrogens with zero attached hydrogens (tertiary/aromatic N) is 1. The van der Waals surface area contributed by atoms with Crippen LogP contribution in [-0.2, 0) is 4.74 Å². The number of rotatable bonds is 2. The van der Waals surface area contributed by atoms with Crippen molar-refractivity contribution in [2.45, 2.75) is 6.10 Å². The Balaban J connectivity index is 2.21. The SMILES string of the molecule is CN1CCOC(C(=O)c2cc(F)ccc2F)C1. The Hall–Kier alpha value is -1.33. The minimum Gasteiger partial charge on any atom is -0.367 e. The molecule has 1 aromatic carbocycles. The van der Waals surface area contributed by atoms with Crippen molar-refractivity contribution in [1.29, 1.82) is 0 Å². The number of carbonyl (C=O) groups is 1. The highest BCUT2D eigenvalue weighted by molar-refractivity contribution is 6.00. The molecule has 1 fully saturated rings. The maximum absolute atomic E-state index is 13.4. The molecule has 0 amide bonds. The molecule has 1 aliphatic heterocycles. The van der Waals surface area contributed by atoms with Crippen LogP contribution in [0.25, 0.3) is 0 Å². The van der Waals surface area contributed by atoms with E-state index < -0.39 is 23.5 Å². The van der Waals surface area contributed by atoms with E-state index in [-0.39, 0.29) is 5.56 Å². The number of Topliss-reactive ketones (excluding diaryl/α,β-unsaturated/α-hetero) is 1. The van der Waals surface area contributed by atoms with E-state index in [1.54, 1.807) is 0 Å². The summed E-state index contributed by atoms with van der Waals surface area (Å²) in [6.45, 7) is 1.55. The number of carbonyl (C=O) groups excluding carboxylic acids is 1. The lowest BCUT2D eigenvalue weighted by molar-refractivity contribution is -0.00885. The summed E-state index contributed by atoms with van der Waals surface area (Å²) >= 11 is 0. The quantitative estimate of drug-likeness (QED) is 0.734. The van der Waals surface area contributed by atoms with Crippen molar-refractivity contribution in [1.82, 2.24) is 4.90 Å². The third kappa shape index (κ3) is 2.68. The molecule has 0 bridgehead atoms. The molecule has 1 aromatic rings. The van der Waals surface area contributed by atoms with Gasteiger partial charge in [-0.25, -0.2) is 8.78 Å². The Labute approximate surface area is 98.0 Å². The Morgan fingerprint density at radius 2 is 2.24 bits per heavy atom. The van der Waals surface area contributed by atoms with Gasteiger partial charge in [-0.1, -0.05) is 0 Å². The van der Waals surface area contributed by atoms with Crippen LogP contribution < -0.4 is 0 Å². The molecule has 0 saturated carbocycles. The number of halogens is 2. The first-order chi connectivity index (χ1) is 8.08. The fourth-order valence-corrected chi connectivity index (χ4v) is 1.80. The van der Waals surface area contributed by atoms with Crippen LogP contribution in [0.2, 0.25) is 0 Å². The smallest absolute Gasteiger partial charge is 0.195 e. The van der Waals surface area contributed by atoms with Gasteiger partial charge in [-0.15, -0.1) is 0 Å². The van der Waals surface area contributed by atoms with E-state index in [1.807, 2.05) is 11.9 Å².